The zero-order valence-corrected chi connectivity index (χ0v) is 10.6. The van der Waals surface area contributed by atoms with Crippen LogP contribution in [0.15, 0.2) is 30.9 Å². The Morgan fingerprint density at radius 3 is 2.88 bits per heavy atom. The largest absolute Gasteiger partial charge is 0.481 e. The summed E-state index contributed by atoms with van der Waals surface area (Å²) in [6.45, 7) is 9.70. The fourth-order valence-corrected chi connectivity index (χ4v) is 1.39. The smallest absolute Gasteiger partial charge is 0.261 e. The van der Waals surface area contributed by atoms with Gasteiger partial charge in [0.05, 0.1) is 0 Å². The minimum absolute atomic E-state index is 0.134. The van der Waals surface area contributed by atoms with Gasteiger partial charge in [0.25, 0.3) is 5.91 Å². The lowest BCUT2D eigenvalue weighted by Gasteiger charge is -2.16. The van der Waals surface area contributed by atoms with Gasteiger partial charge in [-0.3, -0.25) is 4.79 Å². The van der Waals surface area contributed by atoms with Gasteiger partial charge in [-0.15, -0.1) is 6.58 Å². The van der Waals surface area contributed by atoms with Crippen LogP contribution >= 0.6 is 0 Å². The summed E-state index contributed by atoms with van der Waals surface area (Å²) in [4.78, 5) is 11.6. The highest BCUT2D eigenvalue weighted by Crippen LogP contribution is 2.20. The molecule has 1 aromatic carbocycles. The van der Waals surface area contributed by atoms with Crippen LogP contribution in [0.25, 0.3) is 0 Å². The third-order valence-corrected chi connectivity index (χ3v) is 2.44. The van der Waals surface area contributed by atoms with Crippen LogP contribution < -0.4 is 10.1 Å². The average molecular weight is 233 g/mol. The molecule has 0 spiro atoms. The van der Waals surface area contributed by atoms with Crippen molar-refractivity contribution in [1.29, 1.82) is 0 Å². The third-order valence-electron chi connectivity index (χ3n) is 2.44. The Labute approximate surface area is 102 Å². The van der Waals surface area contributed by atoms with E-state index in [0.717, 1.165) is 16.9 Å². The molecule has 92 valence electrons. The van der Waals surface area contributed by atoms with E-state index in [1.807, 2.05) is 32.0 Å². The summed E-state index contributed by atoms with van der Waals surface area (Å²) in [6.07, 6.45) is 1.14. The zero-order valence-electron chi connectivity index (χ0n) is 10.6. The van der Waals surface area contributed by atoms with Gasteiger partial charge in [0.1, 0.15) is 5.75 Å². The fraction of sp³-hybridized carbons (Fsp3) is 0.357. The highest BCUT2D eigenvalue weighted by Gasteiger charge is 2.14. The van der Waals surface area contributed by atoms with Crippen molar-refractivity contribution in [2.24, 2.45) is 0 Å². The molecule has 0 fully saturated rings. The molecule has 1 amide bonds. The molecular formula is C14H19NO2. The second-order valence-electron chi connectivity index (χ2n) is 4.06. The van der Waals surface area contributed by atoms with Crippen LogP contribution in [0.4, 0.5) is 0 Å². The Morgan fingerprint density at radius 2 is 2.24 bits per heavy atom. The van der Waals surface area contributed by atoms with Gasteiger partial charge in [0.15, 0.2) is 6.10 Å². The van der Waals surface area contributed by atoms with Gasteiger partial charge in [0, 0.05) is 6.54 Å². The lowest BCUT2D eigenvalue weighted by atomic mass is 10.1. The van der Waals surface area contributed by atoms with Gasteiger partial charge in [-0.25, -0.2) is 0 Å². The molecule has 1 aromatic rings. The van der Waals surface area contributed by atoms with Crippen molar-refractivity contribution in [3.05, 3.63) is 42.0 Å². The standard InChI is InChI=1S/C14H19NO2/c1-5-8-15-14(16)12(4)17-13-9-10(2)6-7-11(13)3/h5-7,9,12H,1,8H2,2-4H3,(H,15,16)/t12-/m0/s1. The van der Waals surface area contributed by atoms with E-state index in [1.165, 1.54) is 0 Å². The molecule has 1 rings (SSSR count). The van der Waals surface area contributed by atoms with Crippen LogP contribution in [0.3, 0.4) is 0 Å². The maximum Gasteiger partial charge on any atom is 0.261 e. The average Bonchev–Trinajstić information content (AvgIpc) is 2.30. The van der Waals surface area contributed by atoms with Crippen LogP contribution in [0.1, 0.15) is 18.1 Å². The number of benzene rings is 1. The molecule has 0 bridgehead atoms. The predicted octanol–water partition coefficient (Wildman–Crippen LogP) is 2.37. The molecule has 0 saturated carbocycles. The topological polar surface area (TPSA) is 38.3 Å². The number of rotatable bonds is 5. The molecule has 0 aliphatic carbocycles. The van der Waals surface area contributed by atoms with Crippen molar-refractivity contribution in [1.82, 2.24) is 5.32 Å². The summed E-state index contributed by atoms with van der Waals surface area (Å²) in [5.41, 5.74) is 2.14. The number of aryl methyl sites for hydroxylation is 2. The number of carbonyl (C=O) groups is 1. The summed E-state index contributed by atoms with van der Waals surface area (Å²) in [6, 6.07) is 5.94. The summed E-state index contributed by atoms with van der Waals surface area (Å²) >= 11 is 0. The SMILES string of the molecule is C=CCNC(=O)[C@H](C)Oc1cc(C)ccc1C. The summed E-state index contributed by atoms with van der Waals surface area (Å²) in [5, 5.41) is 2.70. The van der Waals surface area contributed by atoms with E-state index in [4.69, 9.17) is 4.74 Å². The Kier molecular flexibility index (Phi) is 4.76. The van der Waals surface area contributed by atoms with Crippen LogP contribution in [0.5, 0.6) is 5.75 Å². The van der Waals surface area contributed by atoms with Crippen molar-refractivity contribution in [2.45, 2.75) is 26.9 Å². The van der Waals surface area contributed by atoms with Crippen molar-refractivity contribution in [3.63, 3.8) is 0 Å². The Morgan fingerprint density at radius 1 is 1.53 bits per heavy atom. The molecule has 1 N–H and O–H groups in total. The fourth-order valence-electron chi connectivity index (χ4n) is 1.39. The number of amides is 1. The highest BCUT2D eigenvalue weighted by atomic mass is 16.5. The molecule has 0 saturated heterocycles. The first-order valence-electron chi connectivity index (χ1n) is 5.67. The van der Waals surface area contributed by atoms with Crippen molar-refractivity contribution in [2.75, 3.05) is 6.54 Å². The Bertz CT molecular complexity index is 413. The first kappa shape index (κ1) is 13.3. The molecule has 1 atom stereocenters. The number of nitrogens with one attached hydrogen (secondary N) is 1. The number of carbonyl (C=O) groups excluding carboxylic acids is 1. The summed E-state index contributed by atoms with van der Waals surface area (Å²) in [5.74, 6) is 0.622. The van der Waals surface area contributed by atoms with E-state index in [9.17, 15) is 4.79 Å². The van der Waals surface area contributed by atoms with Crippen molar-refractivity contribution in [3.8, 4) is 5.75 Å². The lowest BCUT2D eigenvalue weighted by Crippen LogP contribution is -2.36. The van der Waals surface area contributed by atoms with Crippen LogP contribution in [0, 0.1) is 13.8 Å². The third kappa shape index (κ3) is 3.94. The van der Waals surface area contributed by atoms with E-state index in [-0.39, 0.29) is 5.91 Å². The van der Waals surface area contributed by atoms with E-state index >= 15 is 0 Å². The van der Waals surface area contributed by atoms with Crippen LogP contribution in [0.2, 0.25) is 0 Å². The monoisotopic (exact) mass is 233 g/mol. The van der Waals surface area contributed by atoms with Gasteiger partial charge in [0.2, 0.25) is 0 Å². The van der Waals surface area contributed by atoms with Gasteiger partial charge in [-0.1, -0.05) is 18.2 Å². The molecular weight excluding hydrogens is 214 g/mol. The Hall–Kier alpha value is -1.77. The van der Waals surface area contributed by atoms with Crippen LogP contribution in [-0.2, 0) is 4.79 Å². The van der Waals surface area contributed by atoms with Crippen LogP contribution in [-0.4, -0.2) is 18.6 Å². The molecule has 0 unspecified atom stereocenters. The maximum absolute atomic E-state index is 11.6. The summed E-state index contributed by atoms with van der Waals surface area (Å²) in [7, 11) is 0. The van der Waals surface area contributed by atoms with Gasteiger partial charge in [-0.2, -0.15) is 0 Å². The van der Waals surface area contributed by atoms with Gasteiger partial charge < -0.3 is 10.1 Å². The van der Waals surface area contributed by atoms with E-state index in [1.54, 1.807) is 13.0 Å². The minimum Gasteiger partial charge on any atom is -0.481 e. The zero-order chi connectivity index (χ0) is 12.8. The van der Waals surface area contributed by atoms with Crippen molar-refractivity contribution < 1.29 is 9.53 Å². The van der Waals surface area contributed by atoms with E-state index in [0.29, 0.717) is 6.54 Å². The quantitative estimate of drug-likeness (QED) is 0.793. The number of ether oxygens (including phenoxy) is 1. The molecule has 0 heterocycles. The molecule has 0 aliphatic heterocycles. The highest BCUT2D eigenvalue weighted by molar-refractivity contribution is 5.80. The minimum atomic E-state index is -0.504. The Balaban J connectivity index is 2.66. The normalized spacial score (nSPS) is 11.7. The molecule has 0 aliphatic rings. The predicted molar refractivity (Wildman–Crippen MR) is 69.2 cm³/mol. The maximum atomic E-state index is 11.6. The molecule has 0 radical (unpaired) electrons. The second-order valence-corrected chi connectivity index (χ2v) is 4.06. The molecule has 0 aromatic heterocycles. The first-order chi connectivity index (χ1) is 8.04. The van der Waals surface area contributed by atoms with Gasteiger partial charge in [-0.05, 0) is 38.0 Å². The molecule has 3 nitrogen and oxygen atoms in total. The first-order valence-corrected chi connectivity index (χ1v) is 5.67. The van der Waals surface area contributed by atoms with E-state index < -0.39 is 6.10 Å². The number of hydrogen-bond donors (Lipinski definition) is 1. The second kappa shape index (κ2) is 6.09. The molecule has 3 heteroatoms. The lowest BCUT2D eigenvalue weighted by molar-refractivity contribution is -0.127. The van der Waals surface area contributed by atoms with Crippen molar-refractivity contribution >= 4 is 5.91 Å². The summed E-state index contributed by atoms with van der Waals surface area (Å²) < 4.78 is 5.64. The molecule has 17 heavy (non-hydrogen) atoms. The van der Waals surface area contributed by atoms with E-state index in [2.05, 4.69) is 11.9 Å². The number of hydrogen-bond acceptors (Lipinski definition) is 2. The van der Waals surface area contributed by atoms with Gasteiger partial charge >= 0.3 is 0 Å².